The van der Waals surface area contributed by atoms with Crippen LogP contribution in [0.2, 0.25) is 0 Å². The molecule has 0 bridgehead atoms. The van der Waals surface area contributed by atoms with E-state index in [1.165, 1.54) is 0 Å². The van der Waals surface area contributed by atoms with Gasteiger partial charge in [0.25, 0.3) is 0 Å². The van der Waals surface area contributed by atoms with E-state index in [-0.39, 0.29) is 5.92 Å². The Morgan fingerprint density at radius 1 is 1.40 bits per heavy atom. The van der Waals surface area contributed by atoms with E-state index in [9.17, 15) is 13.2 Å². The number of terminal acetylenes is 1. The van der Waals surface area contributed by atoms with Crippen molar-refractivity contribution in [3.05, 3.63) is 29.3 Å². The van der Waals surface area contributed by atoms with Gasteiger partial charge in [0.15, 0.2) is 9.84 Å². The Balaban J connectivity index is 2.95. The number of para-hydroxylation sites is 1. The summed E-state index contributed by atoms with van der Waals surface area (Å²) in [7, 11) is -3.55. The second-order valence-corrected chi connectivity index (χ2v) is 7.04. The van der Waals surface area contributed by atoms with Crippen molar-refractivity contribution in [1.29, 1.82) is 0 Å². The molecule has 0 heterocycles. The maximum atomic E-state index is 11.9. The molecule has 0 aliphatic heterocycles. The van der Waals surface area contributed by atoms with Gasteiger partial charge < -0.3 is 5.32 Å². The quantitative estimate of drug-likeness (QED) is 0.846. The molecular weight excluding hydrogens is 274 g/mol. The molecule has 0 radical (unpaired) electrons. The van der Waals surface area contributed by atoms with Gasteiger partial charge >= 0.3 is 0 Å². The minimum Gasteiger partial charge on any atom is -0.325 e. The fraction of sp³-hybridized carbons (Fsp3) is 0.400. The van der Waals surface area contributed by atoms with Crippen LogP contribution in [-0.4, -0.2) is 25.8 Å². The van der Waals surface area contributed by atoms with Gasteiger partial charge in [0.05, 0.1) is 0 Å². The fourth-order valence-electron chi connectivity index (χ4n) is 1.90. The summed E-state index contributed by atoms with van der Waals surface area (Å²) in [5.41, 5.74) is 2.56. The van der Waals surface area contributed by atoms with E-state index in [1.54, 1.807) is 0 Å². The van der Waals surface area contributed by atoms with Gasteiger partial charge in [-0.1, -0.05) is 38.0 Å². The topological polar surface area (TPSA) is 63.2 Å². The first-order valence-electron chi connectivity index (χ1n) is 6.30. The molecule has 4 nitrogen and oxygen atoms in total. The van der Waals surface area contributed by atoms with Crippen molar-refractivity contribution in [2.75, 3.05) is 16.8 Å². The van der Waals surface area contributed by atoms with E-state index in [1.807, 2.05) is 39.0 Å². The van der Waals surface area contributed by atoms with Crippen LogP contribution in [0.4, 0.5) is 5.69 Å². The van der Waals surface area contributed by atoms with Gasteiger partial charge in [-0.3, -0.25) is 4.79 Å². The van der Waals surface area contributed by atoms with Crippen LogP contribution in [0.5, 0.6) is 0 Å². The van der Waals surface area contributed by atoms with Crippen LogP contribution >= 0.6 is 0 Å². The zero-order valence-electron chi connectivity index (χ0n) is 11.9. The van der Waals surface area contributed by atoms with Gasteiger partial charge in [-0.2, -0.15) is 0 Å². The normalized spacial score (nSPS) is 11.2. The predicted molar refractivity (Wildman–Crippen MR) is 81.4 cm³/mol. The van der Waals surface area contributed by atoms with Crippen LogP contribution < -0.4 is 5.32 Å². The standard InChI is InChI=1S/C15H19NO3S/c1-5-9-20(18,19)10-14(17)16-15-12(4)7-6-8-13(15)11(2)3/h1,6-8,11H,9-10H2,2-4H3,(H,16,17). The van der Waals surface area contributed by atoms with Crippen molar-refractivity contribution >= 4 is 21.4 Å². The van der Waals surface area contributed by atoms with Crippen LogP contribution in [0.15, 0.2) is 18.2 Å². The molecule has 108 valence electrons. The molecule has 0 atom stereocenters. The molecule has 0 saturated heterocycles. The summed E-state index contributed by atoms with van der Waals surface area (Å²) in [6, 6.07) is 5.70. The molecule has 1 aromatic carbocycles. The summed E-state index contributed by atoms with van der Waals surface area (Å²) in [4.78, 5) is 11.9. The molecule has 0 spiro atoms. The summed E-state index contributed by atoms with van der Waals surface area (Å²) in [6.07, 6.45) is 4.97. The van der Waals surface area contributed by atoms with Crippen molar-refractivity contribution in [2.45, 2.75) is 26.7 Å². The first kappa shape index (κ1) is 16.3. The molecule has 0 unspecified atom stereocenters. The van der Waals surface area contributed by atoms with Crippen molar-refractivity contribution in [3.63, 3.8) is 0 Å². The van der Waals surface area contributed by atoms with Gasteiger partial charge in [0, 0.05) is 5.69 Å². The van der Waals surface area contributed by atoms with Crippen molar-refractivity contribution in [3.8, 4) is 12.3 Å². The van der Waals surface area contributed by atoms with Crippen molar-refractivity contribution in [2.24, 2.45) is 0 Å². The first-order chi connectivity index (χ1) is 9.26. The van der Waals surface area contributed by atoms with Gasteiger partial charge in [-0.25, -0.2) is 8.42 Å². The fourth-order valence-corrected chi connectivity index (χ4v) is 2.72. The molecule has 0 aliphatic carbocycles. The highest BCUT2D eigenvalue weighted by molar-refractivity contribution is 7.92. The van der Waals surface area contributed by atoms with E-state index in [4.69, 9.17) is 6.42 Å². The minimum absolute atomic E-state index is 0.229. The Hall–Kier alpha value is -1.80. The van der Waals surface area contributed by atoms with E-state index in [2.05, 4.69) is 11.2 Å². The van der Waals surface area contributed by atoms with E-state index in [0.717, 1.165) is 11.1 Å². The molecule has 20 heavy (non-hydrogen) atoms. The SMILES string of the molecule is C#CCS(=O)(=O)CC(=O)Nc1c(C)cccc1C(C)C. The average molecular weight is 293 g/mol. The Bertz CT molecular complexity index is 640. The maximum Gasteiger partial charge on any atom is 0.239 e. The number of rotatable bonds is 5. The van der Waals surface area contributed by atoms with Gasteiger partial charge in [-0.15, -0.1) is 6.42 Å². The molecule has 0 fully saturated rings. The van der Waals surface area contributed by atoms with Crippen molar-refractivity contribution < 1.29 is 13.2 Å². The lowest BCUT2D eigenvalue weighted by Crippen LogP contribution is -2.25. The summed E-state index contributed by atoms with van der Waals surface area (Å²) in [6.45, 7) is 5.90. The summed E-state index contributed by atoms with van der Waals surface area (Å²) >= 11 is 0. The number of nitrogens with one attached hydrogen (secondary N) is 1. The summed E-state index contributed by atoms with van der Waals surface area (Å²) < 4.78 is 23.1. The van der Waals surface area contributed by atoms with Crippen LogP contribution in [0.3, 0.4) is 0 Å². The van der Waals surface area contributed by atoms with Crippen LogP contribution in [0.1, 0.15) is 30.9 Å². The zero-order valence-corrected chi connectivity index (χ0v) is 12.8. The van der Waals surface area contributed by atoms with Gasteiger partial charge in [-0.05, 0) is 24.0 Å². The van der Waals surface area contributed by atoms with E-state index >= 15 is 0 Å². The Labute approximate surface area is 120 Å². The maximum absolute atomic E-state index is 11.9. The number of aryl methyl sites for hydroxylation is 1. The van der Waals surface area contributed by atoms with E-state index in [0.29, 0.717) is 5.69 Å². The van der Waals surface area contributed by atoms with Crippen LogP contribution in [0.25, 0.3) is 0 Å². The third-order valence-corrected chi connectivity index (χ3v) is 4.15. The van der Waals surface area contributed by atoms with E-state index < -0.39 is 27.3 Å². The number of hydrogen-bond acceptors (Lipinski definition) is 3. The molecule has 1 rings (SSSR count). The number of carbonyl (C=O) groups is 1. The molecule has 5 heteroatoms. The first-order valence-corrected chi connectivity index (χ1v) is 8.12. The summed E-state index contributed by atoms with van der Waals surface area (Å²) in [5, 5.41) is 2.69. The molecule has 0 saturated carbocycles. The highest BCUT2D eigenvalue weighted by atomic mass is 32.2. The molecular formula is C15H19NO3S. The lowest BCUT2D eigenvalue weighted by atomic mass is 9.98. The lowest BCUT2D eigenvalue weighted by molar-refractivity contribution is -0.113. The highest BCUT2D eigenvalue weighted by Gasteiger charge is 2.18. The van der Waals surface area contributed by atoms with Crippen LogP contribution in [-0.2, 0) is 14.6 Å². The summed E-state index contributed by atoms with van der Waals surface area (Å²) in [5.74, 6) is 0.701. The third-order valence-electron chi connectivity index (χ3n) is 2.85. The Morgan fingerprint density at radius 3 is 2.60 bits per heavy atom. The molecule has 1 amide bonds. The number of hydrogen-bond donors (Lipinski definition) is 1. The second-order valence-electron chi connectivity index (χ2n) is 4.98. The minimum atomic E-state index is -3.55. The number of amides is 1. The average Bonchev–Trinajstić information content (AvgIpc) is 2.30. The smallest absolute Gasteiger partial charge is 0.239 e. The Kier molecular flexibility index (Phi) is 5.34. The number of anilines is 1. The number of carbonyl (C=O) groups excluding carboxylic acids is 1. The molecule has 1 N–H and O–H groups in total. The molecule has 0 aliphatic rings. The van der Waals surface area contributed by atoms with Crippen molar-refractivity contribution in [1.82, 2.24) is 0 Å². The molecule has 1 aromatic rings. The van der Waals surface area contributed by atoms with Gasteiger partial charge in [0.2, 0.25) is 5.91 Å². The monoisotopic (exact) mass is 293 g/mol. The second kappa shape index (κ2) is 6.58. The number of benzene rings is 1. The highest BCUT2D eigenvalue weighted by Crippen LogP contribution is 2.27. The lowest BCUT2D eigenvalue weighted by Gasteiger charge is -2.16. The van der Waals surface area contributed by atoms with Gasteiger partial charge in [0.1, 0.15) is 11.5 Å². The predicted octanol–water partition coefficient (Wildman–Crippen LogP) is 2.10. The Morgan fingerprint density at radius 2 is 2.05 bits per heavy atom. The zero-order chi connectivity index (χ0) is 15.3. The number of sulfone groups is 1. The molecule has 0 aromatic heterocycles. The largest absolute Gasteiger partial charge is 0.325 e. The third kappa shape index (κ3) is 4.39. The van der Waals surface area contributed by atoms with Crippen LogP contribution in [0, 0.1) is 19.3 Å².